The molecular weight excluding hydrogens is 742 g/mol. The number of nitriles is 1. The second kappa shape index (κ2) is 13.0. The van der Waals surface area contributed by atoms with E-state index in [0.29, 0.717) is 26.7 Å². The molecule has 1 aliphatic carbocycles. The molecule has 0 radical (unpaired) electrons. The highest BCUT2D eigenvalue weighted by Crippen LogP contribution is 2.64. The Kier molecular flexibility index (Phi) is 8.74. The van der Waals surface area contributed by atoms with Crippen LogP contribution in [0.2, 0.25) is 0 Å². The number of hydrogen-bond acceptors (Lipinski definition) is 5. The number of carbonyl (C=O) groups excluding carboxylic acids is 2. The molecule has 5 atom stereocenters. The van der Waals surface area contributed by atoms with Gasteiger partial charge in [-0.15, -0.1) is 0 Å². The first-order chi connectivity index (χ1) is 23.7. The molecule has 49 heavy (non-hydrogen) atoms. The van der Waals surface area contributed by atoms with E-state index in [9.17, 15) is 15.2 Å². The lowest BCUT2D eigenvalue weighted by Crippen LogP contribution is -2.59. The van der Waals surface area contributed by atoms with Gasteiger partial charge in [0.1, 0.15) is 5.60 Å². The number of aliphatic hydroxyl groups is 1. The number of rotatable bonds is 6. The molecule has 6 aromatic rings. The number of ketones is 1. The van der Waals surface area contributed by atoms with Crippen molar-refractivity contribution >= 4 is 65.2 Å². The Hall–Kier alpha value is -4.61. The van der Waals surface area contributed by atoms with Crippen LogP contribution in [-0.4, -0.2) is 24.0 Å². The number of ether oxygens (including phenoxy) is 1. The van der Waals surface area contributed by atoms with E-state index in [2.05, 4.69) is 37.9 Å². The summed E-state index contributed by atoms with van der Waals surface area (Å²) in [6, 6.07) is 43.9. The van der Waals surface area contributed by atoms with E-state index >= 15 is 4.79 Å². The first-order valence-electron chi connectivity index (χ1n) is 15.9. The van der Waals surface area contributed by atoms with E-state index in [1.165, 1.54) is 7.11 Å². The molecular formula is C42H31Br2NO4. The molecule has 1 saturated carbocycles. The molecule has 5 unspecified atom stereocenters. The maximum absolute atomic E-state index is 15.3. The zero-order valence-electron chi connectivity index (χ0n) is 26.5. The average Bonchev–Trinajstić information content (AvgIpc) is 3.13. The Morgan fingerprint density at radius 3 is 1.92 bits per heavy atom. The average molecular weight is 774 g/mol. The van der Waals surface area contributed by atoms with E-state index in [1.807, 2.05) is 127 Å². The second-order valence-electron chi connectivity index (χ2n) is 12.7. The van der Waals surface area contributed by atoms with E-state index in [4.69, 9.17) is 4.74 Å². The third-order valence-electron chi connectivity index (χ3n) is 10.1. The molecule has 7 rings (SSSR count). The van der Waals surface area contributed by atoms with E-state index < -0.39 is 34.7 Å². The SMILES string of the molecule is COC(=O)C1(C#N)C(c2cccc(Br)c2)CC(O)(c2ccc3ccccc3c2)C(C(=O)c2ccc3ccccc3c2)C1c1cccc(Br)c1. The van der Waals surface area contributed by atoms with Gasteiger partial charge in [0.25, 0.3) is 0 Å². The summed E-state index contributed by atoms with van der Waals surface area (Å²) < 4.78 is 6.95. The highest BCUT2D eigenvalue weighted by Gasteiger charge is 2.67. The zero-order valence-corrected chi connectivity index (χ0v) is 29.7. The normalized spacial score (nSPS) is 23.5. The fourth-order valence-electron chi connectivity index (χ4n) is 7.89. The van der Waals surface area contributed by atoms with Crippen molar-refractivity contribution < 1.29 is 19.4 Å². The van der Waals surface area contributed by atoms with Crippen LogP contribution >= 0.6 is 31.9 Å². The van der Waals surface area contributed by atoms with Crippen molar-refractivity contribution in [3.63, 3.8) is 0 Å². The van der Waals surface area contributed by atoms with Crippen molar-refractivity contribution in [2.45, 2.75) is 23.9 Å². The maximum Gasteiger partial charge on any atom is 0.327 e. The van der Waals surface area contributed by atoms with Gasteiger partial charge in [-0.05, 0) is 81.1 Å². The van der Waals surface area contributed by atoms with Crippen LogP contribution in [0.5, 0.6) is 0 Å². The number of esters is 1. The van der Waals surface area contributed by atoms with Crippen LogP contribution in [0.25, 0.3) is 21.5 Å². The minimum Gasteiger partial charge on any atom is -0.468 e. The van der Waals surface area contributed by atoms with Crippen LogP contribution in [0.1, 0.15) is 45.3 Å². The van der Waals surface area contributed by atoms with Gasteiger partial charge in [-0.1, -0.05) is 129 Å². The molecule has 7 heteroatoms. The van der Waals surface area contributed by atoms with Crippen LogP contribution in [-0.2, 0) is 15.1 Å². The predicted molar refractivity (Wildman–Crippen MR) is 198 cm³/mol. The summed E-state index contributed by atoms with van der Waals surface area (Å²) in [5, 5.41) is 28.6. The molecule has 0 bridgehead atoms. The van der Waals surface area contributed by atoms with Gasteiger partial charge >= 0.3 is 5.97 Å². The van der Waals surface area contributed by atoms with Crippen LogP contribution in [0.15, 0.2) is 142 Å². The van der Waals surface area contributed by atoms with Crippen LogP contribution in [0.4, 0.5) is 0 Å². The van der Waals surface area contributed by atoms with Crippen molar-refractivity contribution in [1.29, 1.82) is 5.26 Å². The number of fused-ring (bicyclic) bond motifs is 2. The van der Waals surface area contributed by atoms with Crippen LogP contribution in [0, 0.1) is 22.7 Å². The van der Waals surface area contributed by atoms with Crippen molar-refractivity contribution in [3.05, 3.63) is 165 Å². The Morgan fingerprint density at radius 2 is 1.31 bits per heavy atom. The third-order valence-corrected chi connectivity index (χ3v) is 11.1. The molecule has 0 saturated heterocycles. The number of hydrogen-bond donors (Lipinski definition) is 1. The molecule has 1 N–H and O–H groups in total. The van der Waals surface area contributed by atoms with Gasteiger partial charge in [0.15, 0.2) is 11.2 Å². The number of nitrogens with zero attached hydrogens (tertiary/aromatic N) is 1. The summed E-state index contributed by atoms with van der Waals surface area (Å²) in [6.07, 6.45) is -0.0983. The van der Waals surface area contributed by atoms with E-state index in [-0.39, 0.29) is 12.2 Å². The van der Waals surface area contributed by atoms with Crippen molar-refractivity contribution in [1.82, 2.24) is 0 Å². The molecule has 1 fully saturated rings. The monoisotopic (exact) mass is 771 g/mol. The van der Waals surface area contributed by atoms with Gasteiger partial charge in [-0.3, -0.25) is 9.59 Å². The van der Waals surface area contributed by atoms with Crippen LogP contribution in [0.3, 0.4) is 0 Å². The highest BCUT2D eigenvalue weighted by molar-refractivity contribution is 9.10. The Balaban J connectivity index is 1.58. The van der Waals surface area contributed by atoms with Crippen molar-refractivity contribution in [3.8, 4) is 6.07 Å². The molecule has 5 nitrogen and oxygen atoms in total. The third kappa shape index (κ3) is 5.58. The van der Waals surface area contributed by atoms with Gasteiger partial charge in [0, 0.05) is 26.3 Å². The summed E-state index contributed by atoms with van der Waals surface area (Å²) >= 11 is 7.16. The van der Waals surface area contributed by atoms with Gasteiger partial charge in [-0.2, -0.15) is 5.26 Å². The molecule has 0 heterocycles. The standard InChI is InChI=1S/C42H31Br2NO4/c1-49-40(47)41(25-45)36(30-12-6-14-34(43)22-30)24-42(48,33-19-18-27-9-3-5-11-29(27)21-33)38(37(41)31-13-7-15-35(44)23-31)39(46)32-17-16-26-8-2-4-10-28(26)20-32/h2-23,36-38,48H,24H2,1H3. The Bertz CT molecular complexity index is 2300. The van der Waals surface area contributed by atoms with Gasteiger partial charge in [-0.25, -0.2) is 0 Å². The Labute approximate surface area is 301 Å². The van der Waals surface area contributed by atoms with Gasteiger partial charge in [0.2, 0.25) is 0 Å². The van der Waals surface area contributed by atoms with Crippen LogP contribution < -0.4 is 0 Å². The fourth-order valence-corrected chi connectivity index (χ4v) is 8.73. The minimum absolute atomic E-state index is 0.0983. The van der Waals surface area contributed by atoms with E-state index in [1.54, 1.807) is 6.07 Å². The topological polar surface area (TPSA) is 87.4 Å². The lowest BCUT2D eigenvalue weighted by Gasteiger charge is -2.54. The molecule has 242 valence electrons. The highest BCUT2D eigenvalue weighted by atomic mass is 79.9. The predicted octanol–water partition coefficient (Wildman–Crippen LogP) is 9.86. The molecule has 1 aliphatic rings. The molecule has 0 aliphatic heterocycles. The first-order valence-corrected chi connectivity index (χ1v) is 17.5. The van der Waals surface area contributed by atoms with E-state index in [0.717, 1.165) is 26.0 Å². The number of methoxy groups -OCH3 is 1. The summed E-state index contributed by atoms with van der Waals surface area (Å²) in [5.41, 5.74) is -1.61. The largest absolute Gasteiger partial charge is 0.468 e. The zero-order chi connectivity index (χ0) is 34.3. The summed E-state index contributed by atoms with van der Waals surface area (Å²) in [4.78, 5) is 29.7. The lowest BCUT2D eigenvalue weighted by atomic mass is 9.47. The smallest absolute Gasteiger partial charge is 0.327 e. The fraction of sp³-hybridized carbons (Fsp3) is 0.167. The molecule has 0 amide bonds. The van der Waals surface area contributed by atoms with Crippen molar-refractivity contribution in [2.24, 2.45) is 11.3 Å². The summed E-state index contributed by atoms with van der Waals surface area (Å²) in [7, 11) is 1.27. The lowest BCUT2D eigenvalue weighted by molar-refractivity contribution is -0.162. The molecule has 0 spiro atoms. The number of carbonyl (C=O) groups is 2. The summed E-state index contributed by atoms with van der Waals surface area (Å²) in [5.74, 6) is -4.41. The second-order valence-corrected chi connectivity index (χ2v) is 14.5. The quantitative estimate of drug-likeness (QED) is 0.135. The number of halogens is 2. The van der Waals surface area contributed by atoms with Crippen molar-refractivity contribution in [2.75, 3.05) is 7.11 Å². The Morgan fingerprint density at radius 1 is 0.735 bits per heavy atom. The molecule has 6 aromatic carbocycles. The maximum atomic E-state index is 15.3. The number of benzene rings is 6. The molecule has 0 aromatic heterocycles. The van der Waals surface area contributed by atoms with Gasteiger partial charge < -0.3 is 9.84 Å². The number of Topliss-reactive ketones (excluding diaryl/α,β-unsaturated/α-hetero) is 1. The first kappa shape index (κ1) is 32.9. The van der Waals surface area contributed by atoms with Gasteiger partial charge in [0.05, 0.1) is 19.1 Å². The summed E-state index contributed by atoms with van der Waals surface area (Å²) in [6.45, 7) is 0. The minimum atomic E-state index is -1.91.